The summed E-state index contributed by atoms with van der Waals surface area (Å²) in [6, 6.07) is 11.2. The molecule has 2 heterocycles. The zero-order chi connectivity index (χ0) is 18.8. The number of hydrogen-bond donors (Lipinski definition) is 2. The number of H-pyrrole nitrogens is 1. The maximum absolute atomic E-state index is 12.6. The van der Waals surface area contributed by atoms with Gasteiger partial charge in [0.1, 0.15) is 5.56 Å². The number of fused-ring (bicyclic) bond motifs is 1. The van der Waals surface area contributed by atoms with Crippen molar-refractivity contribution in [3.8, 4) is 11.3 Å². The number of hydrogen-bond acceptors (Lipinski definition) is 4. The highest BCUT2D eigenvalue weighted by molar-refractivity contribution is 7.15. The second-order valence-corrected chi connectivity index (χ2v) is 7.97. The van der Waals surface area contributed by atoms with Gasteiger partial charge in [0.25, 0.3) is 11.5 Å². The molecule has 1 aromatic carbocycles. The first-order valence-electron chi connectivity index (χ1n) is 9.20. The molecule has 0 fully saturated rings. The van der Waals surface area contributed by atoms with E-state index in [-0.39, 0.29) is 5.56 Å². The van der Waals surface area contributed by atoms with E-state index in [1.807, 2.05) is 31.2 Å². The van der Waals surface area contributed by atoms with Crippen LogP contribution in [0.3, 0.4) is 0 Å². The monoisotopic (exact) mass is 379 g/mol. The molecule has 0 saturated heterocycles. The predicted molar refractivity (Wildman–Crippen MR) is 109 cm³/mol. The Morgan fingerprint density at radius 1 is 1.15 bits per heavy atom. The number of aromatic nitrogens is 2. The third-order valence-corrected chi connectivity index (χ3v) is 5.87. The van der Waals surface area contributed by atoms with E-state index in [1.54, 1.807) is 12.1 Å². The van der Waals surface area contributed by atoms with Gasteiger partial charge in [0, 0.05) is 10.6 Å². The minimum absolute atomic E-state index is 0.0943. The quantitative estimate of drug-likeness (QED) is 0.665. The van der Waals surface area contributed by atoms with E-state index in [9.17, 15) is 9.59 Å². The van der Waals surface area contributed by atoms with Crippen LogP contribution in [0.2, 0.25) is 0 Å². The summed E-state index contributed by atoms with van der Waals surface area (Å²) in [6.45, 7) is 2.00. The topological polar surface area (TPSA) is 74.8 Å². The van der Waals surface area contributed by atoms with E-state index in [1.165, 1.54) is 29.1 Å². The molecular formula is C21H21N3O2S. The molecule has 4 rings (SSSR count). The highest BCUT2D eigenvalue weighted by atomic mass is 32.1. The number of pyridine rings is 1. The van der Waals surface area contributed by atoms with Gasteiger partial charge in [0.15, 0.2) is 5.13 Å². The van der Waals surface area contributed by atoms with E-state index < -0.39 is 11.5 Å². The molecule has 3 aromatic rings. The number of aromatic amines is 1. The summed E-state index contributed by atoms with van der Waals surface area (Å²) in [5, 5.41) is 3.37. The number of amides is 1. The molecule has 0 atom stereocenters. The van der Waals surface area contributed by atoms with Crippen LogP contribution < -0.4 is 10.9 Å². The summed E-state index contributed by atoms with van der Waals surface area (Å²) in [5.74, 6) is -0.420. The Morgan fingerprint density at radius 2 is 2.00 bits per heavy atom. The highest BCUT2D eigenvalue weighted by Gasteiger charge is 2.17. The number of rotatable bonds is 3. The number of nitrogens with zero attached hydrogens (tertiary/aromatic N) is 1. The van der Waals surface area contributed by atoms with Gasteiger partial charge in [-0.3, -0.25) is 14.9 Å². The molecule has 6 heteroatoms. The first-order chi connectivity index (χ1) is 13.1. The van der Waals surface area contributed by atoms with Crippen LogP contribution in [0.25, 0.3) is 11.3 Å². The molecule has 0 spiro atoms. The van der Waals surface area contributed by atoms with Crippen LogP contribution in [0.5, 0.6) is 0 Å². The predicted octanol–water partition coefficient (Wildman–Crippen LogP) is 4.33. The van der Waals surface area contributed by atoms with Gasteiger partial charge in [-0.05, 0) is 56.4 Å². The summed E-state index contributed by atoms with van der Waals surface area (Å²) in [4.78, 5) is 33.6. The first kappa shape index (κ1) is 17.7. The van der Waals surface area contributed by atoms with E-state index in [0.717, 1.165) is 36.1 Å². The van der Waals surface area contributed by atoms with Crippen molar-refractivity contribution in [1.82, 2.24) is 9.97 Å². The van der Waals surface area contributed by atoms with Crippen molar-refractivity contribution in [3.63, 3.8) is 0 Å². The molecule has 5 nitrogen and oxygen atoms in total. The Kier molecular flexibility index (Phi) is 4.90. The lowest BCUT2D eigenvalue weighted by molar-refractivity contribution is 0.102. The number of anilines is 1. The SMILES string of the molecule is Cc1cccc(-c2ccc(C(=O)Nc3nc4c(s3)CCCCC4)c(=O)[nH]2)c1. The maximum atomic E-state index is 12.6. The molecule has 0 radical (unpaired) electrons. The summed E-state index contributed by atoms with van der Waals surface area (Å²) in [6.07, 6.45) is 5.53. The molecule has 1 amide bonds. The molecule has 0 saturated carbocycles. The highest BCUT2D eigenvalue weighted by Crippen LogP contribution is 2.29. The van der Waals surface area contributed by atoms with Gasteiger partial charge in [-0.2, -0.15) is 0 Å². The molecule has 0 aliphatic heterocycles. The van der Waals surface area contributed by atoms with Crippen molar-refractivity contribution in [2.45, 2.75) is 39.0 Å². The van der Waals surface area contributed by atoms with Gasteiger partial charge >= 0.3 is 0 Å². The fourth-order valence-electron chi connectivity index (χ4n) is 3.38. The number of nitrogens with one attached hydrogen (secondary N) is 2. The van der Waals surface area contributed by atoms with Crippen molar-refractivity contribution in [1.29, 1.82) is 0 Å². The standard InChI is InChI=1S/C21H21N3O2S/c1-13-6-5-7-14(12-13)16-11-10-15(19(25)22-16)20(26)24-21-23-17-8-3-2-4-9-18(17)27-21/h5-7,10-12H,2-4,8-9H2,1H3,(H,22,25)(H,23,24,26). The molecule has 138 valence electrons. The Morgan fingerprint density at radius 3 is 2.81 bits per heavy atom. The molecule has 0 bridgehead atoms. The second kappa shape index (κ2) is 7.48. The zero-order valence-electron chi connectivity index (χ0n) is 15.2. The van der Waals surface area contributed by atoms with Crippen LogP contribution in [-0.2, 0) is 12.8 Å². The molecule has 0 unspecified atom stereocenters. The van der Waals surface area contributed by atoms with Gasteiger partial charge < -0.3 is 4.98 Å². The largest absolute Gasteiger partial charge is 0.321 e. The summed E-state index contributed by atoms with van der Waals surface area (Å²) >= 11 is 1.52. The number of carbonyl (C=O) groups is 1. The fraction of sp³-hybridized carbons (Fsp3) is 0.286. The van der Waals surface area contributed by atoms with Gasteiger partial charge in [0.05, 0.1) is 5.69 Å². The van der Waals surface area contributed by atoms with E-state index in [4.69, 9.17) is 0 Å². The minimum Gasteiger partial charge on any atom is -0.321 e. The van der Waals surface area contributed by atoms with Crippen LogP contribution >= 0.6 is 11.3 Å². The molecule has 2 aromatic heterocycles. The van der Waals surface area contributed by atoms with Crippen LogP contribution in [0.15, 0.2) is 41.2 Å². The van der Waals surface area contributed by atoms with Gasteiger partial charge in [0.2, 0.25) is 0 Å². The van der Waals surface area contributed by atoms with Crippen molar-refractivity contribution in [2.75, 3.05) is 5.32 Å². The number of aryl methyl sites for hydroxylation is 3. The second-order valence-electron chi connectivity index (χ2n) is 6.89. The van der Waals surface area contributed by atoms with Crippen LogP contribution in [0.4, 0.5) is 5.13 Å². The third-order valence-electron chi connectivity index (χ3n) is 4.80. The normalized spacial score (nSPS) is 13.7. The smallest absolute Gasteiger partial charge is 0.263 e. The molecule has 27 heavy (non-hydrogen) atoms. The average Bonchev–Trinajstić information content (AvgIpc) is 2.89. The van der Waals surface area contributed by atoms with Crippen molar-refractivity contribution in [2.24, 2.45) is 0 Å². The van der Waals surface area contributed by atoms with E-state index in [2.05, 4.69) is 15.3 Å². The number of benzene rings is 1. The molecule has 2 N–H and O–H groups in total. The molecule has 1 aliphatic carbocycles. The lowest BCUT2D eigenvalue weighted by atomic mass is 10.1. The lowest BCUT2D eigenvalue weighted by Crippen LogP contribution is -2.23. The summed E-state index contributed by atoms with van der Waals surface area (Å²) in [7, 11) is 0. The average molecular weight is 379 g/mol. The van der Waals surface area contributed by atoms with Crippen LogP contribution in [-0.4, -0.2) is 15.9 Å². The van der Waals surface area contributed by atoms with Gasteiger partial charge in [-0.25, -0.2) is 4.98 Å². The van der Waals surface area contributed by atoms with Crippen molar-refractivity contribution < 1.29 is 4.79 Å². The Balaban J connectivity index is 1.55. The summed E-state index contributed by atoms with van der Waals surface area (Å²) < 4.78 is 0. The van der Waals surface area contributed by atoms with Crippen LogP contribution in [0.1, 0.15) is 45.8 Å². The first-order valence-corrected chi connectivity index (χ1v) is 10.0. The number of thiazole rings is 1. The Bertz CT molecular complexity index is 1030. The van der Waals surface area contributed by atoms with E-state index in [0.29, 0.717) is 10.8 Å². The summed E-state index contributed by atoms with van der Waals surface area (Å²) in [5.41, 5.74) is 3.51. The van der Waals surface area contributed by atoms with E-state index >= 15 is 0 Å². The molecular weight excluding hydrogens is 358 g/mol. The Labute approximate surface area is 161 Å². The van der Waals surface area contributed by atoms with Crippen LogP contribution in [0, 0.1) is 6.92 Å². The number of carbonyl (C=O) groups excluding carboxylic acids is 1. The third kappa shape index (κ3) is 3.85. The van der Waals surface area contributed by atoms with Crippen molar-refractivity contribution >= 4 is 22.4 Å². The van der Waals surface area contributed by atoms with Gasteiger partial charge in [-0.1, -0.05) is 30.2 Å². The minimum atomic E-state index is -0.420. The Hall–Kier alpha value is -2.73. The molecule has 1 aliphatic rings. The van der Waals surface area contributed by atoms with Gasteiger partial charge in [-0.15, -0.1) is 11.3 Å². The van der Waals surface area contributed by atoms with Crippen molar-refractivity contribution in [3.05, 3.63) is 68.4 Å². The zero-order valence-corrected chi connectivity index (χ0v) is 16.0. The maximum Gasteiger partial charge on any atom is 0.263 e. The lowest BCUT2D eigenvalue weighted by Gasteiger charge is -2.05. The fourth-order valence-corrected chi connectivity index (χ4v) is 4.43.